The third kappa shape index (κ3) is 6.04. The minimum atomic E-state index is 0.512. The molecule has 2 aromatic rings. The van der Waals surface area contributed by atoms with Crippen molar-refractivity contribution in [1.82, 2.24) is 5.32 Å². The van der Waals surface area contributed by atoms with E-state index in [2.05, 4.69) is 73.8 Å². The van der Waals surface area contributed by atoms with Crippen LogP contribution < -0.4 is 5.32 Å². The second-order valence-electron chi connectivity index (χ2n) is 5.87. The molecule has 1 N–H and O–H groups in total. The van der Waals surface area contributed by atoms with E-state index >= 15 is 0 Å². The van der Waals surface area contributed by atoms with Crippen molar-refractivity contribution >= 4 is 11.8 Å². The first-order chi connectivity index (χ1) is 11.3. The van der Waals surface area contributed by atoms with E-state index < -0.39 is 0 Å². The maximum Gasteiger partial charge on any atom is 0.0356 e. The molecule has 0 radical (unpaired) electrons. The fourth-order valence-electron chi connectivity index (χ4n) is 2.72. The van der Waals surface area contributed by atoms with E-state index in [0.29, 0.717) is 5.25 Å². The Morgan fingerprint density at radius 2 is 1.70 bits per heavy atom. The molecule has 1 atom stereocenters. The van der Waals surface area contributed by atoms with Crippen LogP contribution >= 0.6 is 11.8 Å². The number of rotatable bonds is 10. The SMILES string of the molecule is CCCCc1ccccc1SC(CCNCC)c1ccccc1. The van der Waals surface area contributed by atoms with E-state index in [1.54, 1.807) is 0 Å². The van der Waals surface area contributed by atoms with E-state index in [0.717, 1.165) is 19.5 Å². The van der Waals surface area contributed by atoms with Gasteiger partial charge in [-0.25, -0.2) is 0 Å². The number of nitrogens with one attached hydrogen (secondary N) is 1. The molecule has 124 valence electrons. The summed E-state index contributed by atoms with van der Waals surface area (Å²) in [4.78, 5) is 1.45. The van der Waals surface area contributed by atoms with Crippen LogP contribution in [0.4, 0.5) is 0 Å². The van der Waals surface area contributed by atoms with Crippen molar-refractivity contribution < 1.29 is 0 Å². The summed E-state index contributed by atoms with van der Waals surface area (Å²) in [5.74, 6) is 0. The van der Waals surface area contributed by atoms with Crippen LogP contribution in [-0.4, -0.2) is 13.1 Å². The fraction of sp³-hybridized carbons (Fsp3) is 0.429. The van der Waals surface area contributed by atoms with Gasteiger partial charge in [0.25, 0.3) is 0 Å². The van der Waals surface area contributed by atoms with Gasteiger partial charge in [-0.05, 0) is 49.5 Å². The van der Waals surface area contributed by atoms with Crippen molar-refractivity contribution in [3.63, 3.8) is 0 Å². The minimum absolute atomic E-state index is 0.512. The van der Waals surface area contributed by atoms with E-state index in [1.807, 2.05) is 11.8 Å². The Morgan fingerprint density at radius 3 is 2.43 bits per heavy atom. The molecule has 0 aromatic heterocycles. The molecule has 0 heterocycles. The number of aryl methyl sites for hydroxylation is 1. The monoisotopic (exact) mass is 327 g/mol. The summed E-state index contributed by atoms with van der Waals surface area (Å²) in [6.07, 6.45) is 4.87. The quantitative estimate of drug-likeness (QED) is 0.433. The van der Waals surface area contributed by atoms with Gasteiger partial charge in [0, 0.05) is 10.1 Å². The predicted molar refractivity (Wildman–Crippen MR) is 103 cm³/mol. The summed E-state index contributed by atoms with van der Waals surface area (Å²) in [6, 6.07) is 19.9. The lowest BCUT2D eigenvalue weighted by molar-refractivity contribution is 0.665. The molecule has 1 unspecified atom stereocenters. The van der Waals surface area contributed by atoms with Gasteiger partial charge < -0.3 is 5.32 Å². The predicted octanol–water partition coefficient (Wildman–Crippen LogP) is 5.86. The second-order valence-corrected chi connectivity index (χ2v) is 7.12. The Labute approximate surface area is 145 Å². The third-order valence-electron chi connectivity index (χ3n) is 4.05. The lowest BCUT2D eigenvalue weighted by Crippen LogP contribution is -2.16. The molecule has 2 rings (SSSR count). The van der Waals surface area contributed by atoms with E-state index in [-0.39, 0.29) is 0 Å². The molecular formula is C21H29NS. The molecule has 2 heteroatoms. The summed E-state index contributed by atoms with van der Waals surface area (Å²) in [5, 5.41) is 3.98. The van der Waals surface area contributed by atoms with Gasteiger partial charge in [0.1, 0.15) is 0 Å². The highest BCUT2D eigenvalue weighted by atomic mass is 32.2. The van der Waals surface area contributed by atoms with Gasteiger partial charge in [-0.3, -0.25) is 0 Å². The molecule has 0 spiro atoms. The Bertz CT molecular complexity index is 553. The molecule has 2 aromatic carbocycles. The first kappa shape index (κ1) is 18.1. The largest absolute Gasteiger partial charge is 0.317 e. The van der Waals surface area contributed by atoms with E-state index in [4.69, 9.17) is 0 Å². The van der Waals surface area contributed by atoms with Crippen LogP contribution in [0.15, 0.2) is 59.5 Å². The second kappa shape index (κ2) is 10.5. The topological polar surface area (TPSA) is 12.0 Å². The number of thioether (sulfide) groups is 1. The van der Waals surface area contributed by atoms with Crippen LogP contribution in [0.5, 0.6) is 0 Å². The number of hydrogen-bond acceptors (Lipinski definition) is 2. The average Bonchev–Trinajstić information content (AvgIpc) is 2.61. The zero-order chi connectivity index (χ0) is 16.3. The van der Waals surface area contributed by atoms with Gasteiger partial charge in [-0.2, -0.15) is 0 Å². The van der Waals surface area contributed by atoms with E-state index in [9.17, 15) is 0 Å². The highest BCUT2D eigenvalue weighted by Gasteiger charge is 2.14. The van der Waals surface area contributed by atoms with E-state index in [1.165, 1.54) is 35.3 Å². The van der Waals surface area contributed by atoms with Gasteiger partial charge in [-0.1, -0.05) is 68.8 Å². The Hall–Kier alpha value is -1.25. The fourth-order valence-corrected chi connectivity index (χ4v) is 4.03. The molecule has 0 fully saturated rings. The highest BCUT2D eigenvalue weighted by molar-refractivity contribution is 7.99. The normalized spacial score (nSPS) is 12.3. The maximum atomic E-state index is 3.47. The average molecular weight is 328 g/mol. The Morgan fingerprint density at radius 1 is 0.957 bits per heavy atom. The summed E-state index contributed by atoms with van der Waals surface area (Å²) in [7, 11) is 0. The summed E-state index contributed by atoms with van der Waals surface area (Å²) in [5.41, 5.74) is 2.93. The van der Waals surface area contributed by atoms with Crippen molar-refractivity contribution in [2.45, 2.75) is 49.7 Å². The van der Waals surface area contributed by atoms with Crippen LogP contribution in [0.25, 0.3) is 0 Å². The Kier molecular flexibility index (Phi) is 8.27. The number of hydrogen-bond donors (Lipinski definition) is 1. The molecule has 0 saturated carbocycles. The molecule has 0 aliphatic heterocycles. The minimum Gasteiger partial charge on any atom is -0.317 e. The highest BCUT2D eigenvalue weighted by Crippen LogP contribution is 2.39. The first-order valence-electron chi connectivity index (χ1n) is 8.85. The van der Waals surface area contributed by atoms with Crippen molar-refractivity contribution in [2.75, 3.05) is 13.1 Å². The maximum absolute atomic E-state index is 3.47. The molecule has 0 aliphatic carbocycles. The lowest BCUT2D eigenvalue weighted by atomic mass is 10.1. The zero-order valence-electron chi connectivity index (χ0n) is 14.4. The van der Waals surface area contributed by atoms with Crippen LogP contribution in [-0.2, 0) is 6.42 Å². The smallest absolute Gasteiger partial charge is 0.0356 e. The van der Waals surface area contributed by atoms with Crippen LogP contribution in [0, 0.1) is 0 Å². The van der Waals surface area contributed by atoms with Crippen molar-refractivity contribution in [3.05, 3.63) is 65.7 Å². The molecule has 0 bridgehead atoms. The molecule has 0 amide bonds. The number of benzene rings is 2. The third-order valence-corrected chi connectivity index (χ3v) is 5.49. The summed E-state index contributed by atoms with van der Waals surface area (Å²) in [6.45, 7) is 6.54. The van der Waals surface area contributed by atoms with Crippen LogP contribution in [0.3, 0.4) is 0 Å². The Balaban J connectivity index is 2.13. The zero-order valence-corrected chi connectivity index (χ0v) is 15.2. The summed E-state index contributed by atoms with van der Waals surface area (Å²) < 4.78 is 0. The standard InChI is InChI=1S/C21H29NS/c1-3-5-11-18-14-9-10-15-20(18)23-21(16-17-22-4-2)19-12-7-6-8-13-19/h6-10,12-15,21-22H,3-5,11,16-17H2,1-2H3. The van der Waals surface area contributed by atoms with Gasteiger partial charge in [0.15, 0.2) is 0 Å². The van der Waals surface area contributed by atoms with Crippen LogP contribution in [0.2, 0.25) is 0 Å². The van der Waals surface area contributed by atoms with Crippen LogP contribution in [0.1, 0.15) is 49.5 Å². The van der Waals surface area contributed by atoms with Gasteiger partial charge in [-0.15, -0.1) is 11.8 Å². The van der Waals surface area contributed by atoms with Gasteiger partial charge in [0.05, 0.1) is 0 Å². The summed E-state index contributed by atoms with van der Waals surface area (Å²) >= 11 is 2.03. The van der Waals surface area contributed by atoms with Gasteiger partial charge in [0.2, 0.25) is 0 Å². The van der Waals surface area contributed by atoms with Crippen molar-refractivity contribution in [1.29, 1.82) is 0 Å². The van der Waals surface area contributed by atoms with Crippen molar-refractivity contribution in [2.24, 2.45) is 0 Å². The van der Waals surface area contributed by atoms with Gasteiger partial charge >= 0.3 is 0 Å². The first-order valence-corrected chi connectivity index (χ1v) is 9.73. The number of unbranched alkanes of at least 4 members (excludes halogenated alkanes) is 1. The molecular weight excluding hydrogens is 298 g/mol. The lowest BCUT2D eigenvalue weighted by Gasteiger charge is -2.19. The molecule has 23 heavy (non-hydrogen) atoms. The molecule has 0 saturated heterocycles. The molecule has 0 aliphatic rings. The molecule has 1 nitrogen and oxygen atoms in total. The van der Waals surface area contributed by atoms with Crippen molar-refractivity contribution in [3.8, 4) is 0 Å².